The van der Waals surface area contributed by atoms with E-state index in [4.69, 9.17) is 4.42 Å². The van der Waals surface area contributed by atoms with Gasteiger partial charge in [-0.25, -0.2) is 4.79 Å². The SMILES string of the molecule is CSCC[C@@](C)(O)CNC(=O)c1cc2ccccc2oc1=O. The first-order chi connectivity index (χ1) is 10.4. The summed E-state index contributed by atoms with van der Waals surface area (Å²) in [7, 11) is 0. The van der Waals surface area contributed by atoms with Gasteiger partial charge >= 0.3 is 5.63 Å². The van der Waals surface area contributed by atoms with Crippen LogP contribution < -0.4 is 10.9 Å². The molecule has 0 aliphatic heterocycles. The fraction of sp³-hybridized carbons (Fsp3) is 0.375. The van der Waals surface area contributed by atoms with E-state index < -0.39 is 17.1 Å². The van der Waals surface area contributed by atoms with E-state index in [2.05, 4.69) is 5.32 Å². The van der Waals surface area contributed by atoms with Crippen molar-refractivity contribution >= 4 is 28.6 Å². The second-order valence-electron chi connectivity index (χ2n) is 5.41. The van der Waals surface area contributed by atoms with Gasteiger partial charge in [0.25, 0.3) is 5.91 Å². The van der Waals surface area contributed by atoms with Crippen molar-refractivity contribution in [2.24, 2.45) is 0 Å². The number of carbonyl (C=O) groups excluding carboxylic acids is 1. The van der Waals surface area contributed by atoms with Crippen LogP contribution in [-0.4, -0.2) is 35.2 Å². The molecule has 6 heteroatoms. The van der Waals surface area contributed by atoms with Crippen LogP contribution in [0.5, 0.6) is 0 Å². The number of thioether (sulfide) groups is 1. The Bertz CT molecular complexity index is 723. The molecule has 1 aromatic heterocycles. The lowest BCUT2D eigenvalue weighted by Gasteiger charge is -2.23. The minimum Gasteiger partial charge on any atom is -0.422 e. The Balaban J connectivity index is 2.13. The second kappa shape index (κ2) is 6.98. The van der Waals surface area contributed by atoms with Crippen LogP contribution in [0.25, 0.3) is 11.0 Å². The Kier molecular flexibility index (Phi) is 5.26. The van der Waals surface area contributed by atoms with E-state index in [1.54, 1.807) is 43.0 Å². The first-order valence-corrected chi connectivity index (χ1v) is 8.35. The lowest BCUT2D eigenvalue weighted by molar-refractivity contribution is 0.0527. The van der Waals surface area contributed by atoms with Crippen molar-refractivity contribution in [2.75, 3.05) is 18.6 Å². The summed E-state index contributed by atoms with van der Waals surface area (Å²) < 4.78 is 5.13. The number of benzene rings is 1. The van der Waals surface area contributed by atoms with E-state index in [0.717, 1.165) is 5.75 Å². The predicted molar refractivity (Wildman–Crippen MR) is 88.4 cm³/mol. The monoisotopic (exact) mass is 321 g/mol. The van der Waals surface area contributed by atoms with Crippen LogP contribution in [0.1, 0.15) is 23.7 Å². The molecule has 0 saturated carbocycles. The van der Waals surface area contributed by atoms with Crippen LogP contribution in [0.3, 0.4) is 0 Å². The molecule has 1 heterocycles. The Morgan fingerprint density at radius 2 is 2.14 bits per heavy atom. The molecular weight excluding hydrogens is 302 g/mol. The summed E-state index contributed by atoms with van der Waals surface area (Å²) in [5.41, 5.74) is -1.30. The molecule has 0 aliphatic carbocycles. The van der Waals surface area contributed by atoms with Gasteiger partial charge in [-0.1, -0.05) is 18.2 Å². The van der Waals surface area contributed by atoms with Gasteiger partial charge in [-0.15, -0.1) is 0 Å². The summed E-state index contributed by atoms with van der Waals surface area (Å²) in [6, 6.07) is 8.51. The van der Waals surface area contributed by atoms with E-state index in [1.807, 2.05) is 6.26 Å². The Morgan fingerprint density at radius 1 is 1.41 bits per heavy atom. The van der Waals surface area contributed by atoms with Crippen molar-refractivity contribution < 1.29 is 14.3 Å². The molecule has 0 bridgehead atoms. The average Bonchev–Trinajstić information content (AvgIpc) is 2.50. The maximum Gasteiger partial charge on any atom is 0.349 e. The van der Waals surface area contributed by atoms with E-state index >= 15 is 0 Å². The van der Waals surface area contributed by atoms with Gasteiger partial charge < -0.3 is 14.8 Å². The standard InChI is InChI=1S/C16H19NO4S/c1-16(20,7-8-22-2)10-17-14(18)12-9-11-5-3-4-6-13(11)21-15(12)19/h3-6,9,20H,7-8,10H2,1-2H3,(H,17,18)/t16-/m1/s1. The van der Waals surface area contributed by atoms with Crippen molar-refractivity contribution in [3.8, 4) is 0 Å². The van der Waals surface area contributed by atoms with Gasteiger partial charge in [0.05, 0.1) is 5.60 Å². The lowest BCUT2D eigenvalue weighted by Crippen LogP contribution is -2.42. The number of nitrogens with one attached hydrogen (secondary N) is 1. The molecule has 2 rings (SSSR count). The topological polar surface area (TPSA) is 79.5 Å². The molecule has 0 aliphatic rings. The molecule has 0 spiro atoms. The van der Waals surface area contributed by atoms with Crippen LogP contribution in [-0.2, 0) is 0 Å². The van der Waals surface area contributed by atoms with Gasteiger partial charge in [0, 0.05) is 11.9 Å². The molecule has 0 saturated heterocycles. The smallest absolute Gasteiger partial charge is 0.349 e. The highest BCUT2D eigenvalue weighted by Gasteiger charge is 2.22. The van der Waals surface area contributed by atoms with E-state index in [1.165, 1.54) is 6.07 Å². The van der Waals surface area contributed by atoms with Crippen molar-refractivity contribution in [3.63, 3.8) is 0 Å². The molecule has 5 nitrogen and oxygen atoms in total. The zero-order valence-electron chi connectivity index (χ0n) is 12.6. The van der Waals surface area contributed by atoms with Crippen LogP contribution in [0.15, 0.2) is 39.5 Å². The molecule has 0 radical (unpaired) electrons. The molecular formula is C16H19NO4S. The molecule has 2 aromatic rings. The highest BCUT2D eigenvalue weighted by molar-refractivity contribution is 7.98. The van der Waals surface area contributed by atoms with Crippen LogP contribution in [0.2, 0.25) is 0 Å². The normalized spacial score (nSPS) is 13.8. The van der Waals surface area contributed by atoms with Crippen molar-refractivity contribution in [1.29, 1.82) is 0 Å². The van der Waals surface area contributed by atoms with Gasteiger partial charge in [0.15, 0.2) is 0 Å². The quantitative estimate of drug-likeness (QED) is 0.796. The highest BCUT2D eigenvalue weighted by atomic mass is 32.2. The first-order valence-electron chi connectivity index (χ1n) is 6.95. The minimum absolute atomic E-state index is 0.0561. The third-order valence-electron chi connectivity index (χ3n) is 3.36. The highest BCUT2D eigenvalue weighted by Crippen LogP contribution is 2.14. The largest absolute Gasteiger partial charge is 0.422 e. The summed E-state index contributed by atoms with van der Waals surface area (Å²) in [4.78, 5) is 24.0. The Hall–Kier alpha value is -1.79. The molecule has 118 valence electrons. The van der Waals surface area contributed by atoms with Crippen molar-refractivity contribution in [2.45, 2.75) is 18.9 Å². The molecule has 2 N–H and O–H groups in total. The van der Waals surface area contributed by atoms with Crippen LogP contribution in [0, 0.1) is 0 Å². The number of amides is 1. The van der Waals surface area contributed by atoms with Gasteiger partial charge in [-0.3, -0.25) is 4.79 Å². The first kappa shape index (κ1) is 16.6. The number of hydrogen-bond donors (Lipinski definition) is 2. The van der Waals surface area contributed by atoms with Gasteiger partial charge in [-0.2, -0.15) is 11.8 Å². The Labute approximate surface area is 132 Å². The zero-order valence-corrected chi connectivity index (χ0v) is 13.4. The average molecular weight is 321 g/mol. The molecule has 22 heavy (non-hydrogen) atoms. The third kappa shape index (κ3) is 4.11. The van der Waals surface area contributed by atoms with Crippen molar-refractivity contribution in [3.05, 3.63) is 46.3 Å². The molecule has 1 aromatic carbocycles. The lowest BCUT2D eigenvalue weighted by atomic mass is 10.0. The summed E-state index contributed by atoms with van der Waals surface area (Å²) in [5, 5.41) is 13.4. The maximum absolute atomic E-state index is 12.1. The zero-order chi connectivity index (χ0) is 16.2. The summed E-state index contributed by atoms with van der Waals surface area (Å²) in [6.07, 6.45) is 2.51. The molecule has 0 unspecified atom stereocenters. The second-order valence-corrected chi connectivity index (χ2v) is 6.39. The van der Waals surface area contributed by atoms with E-state index in [0.29, 0.717) is 17.4 Å². The fourth-order valence-corrected chi connectivity index (χ4v) is 2.64. The molecule has 1 atom stereocenters. The third-order valence-corrected chi connectivity index (χ3v) is 3.97. The Morgan fingerprint density at radius 3 is 2.86 bits per heavy atom. The van der Waals surface area contributed by atoms with Crippen LogP contribution in [0.4, 0.5) is 0 Å². The van der Waals surface area contributed by atoms with Gasteiger partial charge in [0.2, 0.25) is 0 Å². The van der Waals surface area contributed by atoms with E-state index in [-0.39, 0.29) is 12.1 Å². The van der Waals surface area contributed by atoms with Gasteiger partial charge in [-0.05, 0) is 37.5 Å². The van der Waals surface area contributed by atoms with Crippen molar-refractivity contribution in [1.82, 2.24) is 5.32 Å². The fourth-order valence-electron chi connectivity index (χ4n) is 2.00. The molecule has 0 fully saturated rings. The number of hydrogen-bond acceptors (Lipinski definition) is 5. The predicted octanol–water partition coefficient (Wildman–Crippen LogP) is 2.03. The summed E-state index contributed by atoms with van der Waals surface area (Å²) in [6.45, 7) is 1.74. The number of para-hydroxylation sites is 1. The summed E-state index contributed by atoms with van der Waals surface area (Å²) >= 11 is 1.63. The van der Waals surface area contributed by atoms with Gasteiger partial charge in [0.1, 0.15) is 11.1 Å². The minimum atomic E-state index is -1.00. The van der Waals surface area contributed by atoms with Crippen LogP contribution >= 0.6 is 11.8 Å². The van der Waals surface area contributed by atoms with E-state index in [9.17, 15) is 14.7 Å². The molecule has 1 amide bonds. The summed E-state index contributed by atoms with van der Waals surface area (Å²) in [5.74, 6) is 0.255. The maximum atomic E-state index is 12.1. The number of fused-ring (bicyclic) bond motifs is 1. The number of aliphatic hydroxyl groups is 1. The number of rotatable bonds is 6. The number of carbonyl (C=O) groups is 1.